The summed E-state index contributed by atoms with van der Waals surface area (Å²) in [5, 5.41) is 0. The van der Waals surface area contributed by atoms with Gasteiger partial charge in [0.15, 0.2) is 9.46 Å². The number of rotatable bonds is 3. The van der Waals surface area contributed by atoms with Crippen molar-refractivity contribution in [2.45, 2.75) is 92.4 Å². The molecular formula is C24H43O3PS. The lowest BCUT2D eigenvalue weighted by molar-refractivity contribution is -0.140. The second kappa shape index (κ2) is 8.53. The van der Waals surface area contributed by atoms with Crippen LogP contribution < -0.4 is 0 Å². The van der Waals surface area contributed by atoms with Gasteiger partial charge in [0.1, 0.15) is 5.78 Å². The van der Waals surface area contributed by atoms with Crippen molar-refractivity contribution in [2.75, 3.05) is 5.75 Å². The zero-order valence-corrected chi connectivity index (χ0v) is 21.2. The molecule has 4 saturated carbocycles. The van der Waals surface area contributed by atoms with Gasteiger partial charge in [0.05, 0.1) is 5.75 Å². The van der Waals surface area contributed by atoms with Crippen LogP contribution in [0.2, 0.25) is 0 Å². The van der Waals surface area contributed by atoms with E-state index in [4.69, 9.17) is 0 Å². The van der Waals surface area contributed by atoms with E-state index in [1.807, 2.05) is 13.8 Å². The predicted molar refractivity (Wildman–Crippen MR) is 124 cm³/mol. The maximum Gasteiger partial charge on any atom is 0.161 e. The summed E-state index contributed by atoms with van der Waals surface area (Å²) in [6, 6.07) is 0. The van der Waals surface area contributed by atoms with E-state index in [1.54, 1.807) is 0 Å². The number of ketones is 1. The van der Waals surface area contributed by atoms with Crippen molar-refractivity contribution in [3.05, 3.63) is 0 Å². The first-order valence-electron chi connectivity index (χ1n) is 12.1. The van der Waals surface area contributed by atoms with E-state index in [9.17, 15) is 13.2 Å². The largest absolute Gasteiger partial charge is 0.300 e. The van der Waals surface area contributed by atoms with Crippen molar-refractivity contribution < 1.29 is 13.2 Å². The number of Topliss-reactive ketones (excluding diaryl/α,β-unsaturated/α-hetero) is 1. The fourth-order valence-electron chi connectivity index (χ4n) is 8.50. The molecule has 0 amide bonds. The molecule has 0 saturated heterocycles. The highest BCUT2D eigenvalue weighted by Crippen LogP contribution is 2.68. The van der Waals surface area contributed by atoms with Gasteiger partial charge in [-0.1, -0.05) is 34.6 Å². The third kappa shape index (κ3) is 4.23. The molecule has 0 aliphatic heterocycles. The minimum Gasteiger partial charge on any atom is -0.300 e. The first-order chi connectivity index (χ1) is 13.5. The van der Waals surface area contributed by atoms with Crippen LogP contribution in [0.1, 0.15) is 92.4 Å². The molecule has 0 spiro atoms. The Morgan fingerprint density at radius 3 is 2.31 bits per heavy atom. The SMILES string of the molecule is CC.C[C@H](CS(=O)(=O)P)C1CCC2C3CCC4CC(=O)CCC4(C)C3CCC21C. The Kier molecular flexibility index (Phi) is 6.97. The van der Waals surface area contributed by atoms with Gasteiger partial charge in [-0.05, 0) is 99.7 Å². The first-order valence-corrected chi connectivity index (χ1v) is 15.2. The van der Waals surface area contributed by atoms with Gasteiger partial charge in [-0.2, -0.15) is 0 Å². The van der Waals surface area contributed by atoms with Crippen LogP contribution in [-0.4, -0.2) is 20.0 Å². The monoisotopic (exact) mass is 442 g/mol. The zero-order valence-electron chi connectivity index (χ0n) is 19.2. The average Bonchev–Trinajstić information content (AvgIpc) is 3.00. The smallest absolute Gasteiger partial charge is 0.161 e. The summed E-state index contributed by atoms with van der Waals surface area (Å²) in [6.45, 7) is 11.1. The van der Waals surface area contributed by atoms with Crippen LogP contribution in [0.15, 0.2) is 0 Å². The minimum atomic E-state index is -2.99. The Morgan fingerprint density at radius 1 is 1.00 bits per heavy atom. The molecule has 29 heavy (non-hydrogen) atoms. The molecule has 0 radical (unpaired) electrons. The molecule has 9 atom stereocenters. The molecule has 5 heteroatoms. The van der Waals surface area contributed by atoms with Crippen LogP contribution in [0, 0.1) is 46.3 Å². The van der Waals surface area contributed by atoms with Crippen molar-refractivity contribution >= 4 is 23.7 Å². The summed E-state index contributed by atoms with van der Waals surface area (Å²) in [5.74, 6) is 4.53. The molecule has 8 unspecified atom stereocenters. The van der Waals surface area contributed by atoms with Gasteiger partial charge < -0.3 is 0 Å². The van der Waals surface area contributed by atoms with Gasteiger partial charge in [-0.3, -0.25) is 4.79 Å². The summed E-state index contributed by atoms with van der Waals surface area (Å²) in [6.07, 6.45) is 10.3. The Bertz CT molecular complexity index is 720. The van der Waals surface area contributed by atoms with Crippen LogP contribution in [0.3, 0.4) is 0 Å². The molecule has 168 valence electrons. The molecular weight excluding hydrogens is 399 g/mol. The highest BCUT2D eigenvalue weighted by molar-refractivity contribution is 8.37. The number of hydrogen-bond donors (Lipinski definition) is 0. The van der Waals surface area contributed by atoms with E-state index in [1.165, 1.54) is 38.5 Å². The van der Waals surface area contributed by atoms with Crippen LogP contribution >= 0.6 is 8.44 Å². The van der Waals surface area contributed by atoms with Crippen LogP contribution in [0.5, 0.6) is 0 Å². The standard InChI is InChI=1S/C22H37O3PS.C2H6/c1-14(13-27(24,25)26)18-6-7-19-17-5-4-15-12-16(23)8-10-21(15,2)20(17)9-11-22(18,19)3;1-2/h14-15,17-20H,4-13,26H2,1-3H3;1-2H3/t14-,15?,17?,18?,19?,20?,21?,22?;/m1./s1. The summed E-state index contributed by atoms with van der Waals surface area (Å²) >= 11 is 0. The van der Waals surface area contributed by atoms with Crippen LogP contribution in [-0.2, 0) is 14.3 Å². The van der Waals surface area contributed by atoms with E-state index < -0.39 is 9.46 Å². The van der Waals surface area contributed by atoms with Crippen molar-refractivity contribution in [1.82, 2.24) is 0 Å². The maximum atomic E-state index is 12.0. The van der Waals surface area contributed by atoms with Gasteiger partial charge in [-0.25, -0.2) is 8.42 Å². The topological polar surface area (TPSA) is 51.2 Å². The normalized spacial score (nSPS) is 45.3. The van der Waals surface area contributed by atoms with Crippen molar-refractivity contribution in [2.24, 2.45) is 46.3 Å². The first kappa shape index (κ1) is 23.7. The van der Waals surface area contributed by atoms with Crippen LogP contribution in [0.4, 0.5) is 0 Å². The molecule has 4 fully saturated rings. The number of hydrogen-bond acceptors (Lipinski definition) is 3. The third-order valence-corrected chi connectivity index (χ3v) is 11.3. The lowest BCUT2D eigenvalue weighted by Gasteiger charge is -2.60. The Labute approximate surface area is 181 Å². The Hall–Kier alpha value is 0.0500. The quantitative estimate of drug-likeness (QED) is 0.498. The van der Waals surface area contributed by atoms with Gasteiger partial charge in [-0.15, -0.1) is 0 Å². The van der Waals surface area contributed by atoms with Gasteiger partial charge in [0, 0.05) is 12.8 Å². The molecule has 4 aliphatic carbocycles. The van der Waals surface area contributed by atoms with Gasteiger partial charge in [0.25, 0.3) is 0 Å². The minimum absolute atomic E-state index is 0.248. The average molecular weight is 443 g/mol. The molecule has 0 aromatic carbocycles. The fraction of sp³-hybridized carbons (Fsp3) is 0.958. The summed E-state index contributed by atoms with van der Waals surface area (Å²) in [4.78, 5) is 12.0. The van der Waals surface area contributed by atoms with Crippen LogP contribution in [0.25, 0.3) is 0 Å². The molecule has 4 aliphatic rings. The molecule has 0 aromatic heterocycles. The lowest BCUT2D eigenvalue weighted by atomic mass is 9.44. The van der Waals surface area contributed by atoms with E-state index in [0.29, 0.717) is 34.2 Å². The maximum absolute atomic E-state index is 12.0. The summed E-state index contributed by atoms with van der Waals surface area (Å²) < 4.78 is 23.7. The predicted octanol–water partition coefficient (Wildman–Crippen LogP) is 6.08. The van der Waals surface area contributed by atoms with Crippen molar-refractivity contribution in [3.8, 4) is 0 Å². The van der Waals surface area contributed by atoms with Crippen molar-refractivity contribution in [1.29, 1.82) is 0 Å². The zero-order chi connectivity index (χ0) is 21.6. The lowest BCUT2D eigenvalue weighted by Crippen LogP contribution is -2.54. The van der Waals surface area contributed by atoms with Gasteiger partial charge in [0.2, 0.25) is 0 Å². The van der Waals surface area contributed by atoms with E-state index in [-0.39, 0.29) is 5.92 Å². The molecule has 3 nitrogen and oxygen atoms in total. The van der Waals surface area contributed by atoms with Gasteiger partial charge >= 0.3 is 0 Å². The summed E-state index contributed by atoms with van der Waals surface area (Å²) in [5.41, 5.74) is 0.675. The van der Waals surface area contributed by atoms with E-state index in [2.05, 4.69) is 29.2 Å². The molecule has 4 rings (SSSR count). The second-order valence-electron chi connectivity index (χ2n) is 10.9. The number of carbonyl (C=O) groups is 1. The van der Waals surface area contributed by atoms with Crippen molar-refractivity contribution in [3.63, 3.8) is 0 Å². The molecule has 0 aromatic rings. The third-order valence-electron chi connectivity index (χ3n) is 9.74. The Morgan fingerprint density at radius 2 is 1.66 bits per heavy atom. The Balaban J connectivity index is 0.00000117. The highest BCUT2D eigenvalue weighted by atomic mass is 32.7. The summed E-state index contributed by atoms with van der Waals surface area (Å²) in [7, 11) is -0.941. The highest BCUT2D eigenvalue weighted by Gasteiger charge is 2.60. The molecule has 0 heterocycles. The molecule has 0 N–H and O–H groups in total. The number of fused-ring (bicyclic) bond motifs is 5. The molecule has 0 bridgehead atoms. The van der Waals surface area contributed by atoms with E-state index >= 15 is 0 Å². The fourth-order valence-corrected chi connectivity index (χ4v) is 10.4. The number of carbonyl (C=O) groups excluding carboxylic acids is 1. The van der Waals surface area contributed by atoms with E-state index in [0.717, 1.165) is 37.0 Å². The second-order valence-corrected chi connectivity index (χ2v) is 14.7.